The SMILES string of the molecule is Cc1cc(C(=O)Nc2ccc(OC(F)F)c(Cc3ccccc3)c2)c2c(=O)[nH]n(C)c2n1. The van der Waals surface area contributed by atoms with Gasteiger partial charge in [0, 0.05) is 30.4 Å². The molecular weight excluding hydrogens is 418 g/mol. The Balaban J connectivity index is 1.69. The number of ether oxygens (including phenoxy) is 1. The average molecular weight is 438 g/mol. The molecule has 0 fully saturated rings. The van der Waals surface area contributed by atoms with Crippen molar-refractivity contribution in [1.29, 1.82) is 0 Å². The van der Waals surface area contributed by atoms with Crippen molar-refractivity contribution in [2.24, 2.45) is 7.05 Å². The number of carbonyl (C=O) groups excluding carboxylic acids is 1. The van der Waals surface area contributed by atoms with E-state index in [9.17, 15) is 18.4 Å². The van der Waals surface area contributed by atoms with Gasteiger partial charge in [0.1, 0.15) is 5.75 Å². The zero-order chi connectivity index (χ0) is 22.8. The molecule has 0 saturated heterocycles. The fourth-order valence-corrected chi connectivity index (χ4v) is 3.58. The van der Waals surface area contributed by atoms with Gasteiger partial charge in [-0.2, -0.15) is 8.78 Å². The lowest BCUT2D eigenvalue weighted by Gasteiger charge is -2.14. The predicted octanol–water partition coefficient (Wildman–Crippen LogP) is 4.01. The number of aryl methyl sites for hydroxylation is 2. The molecule has 164 valence electrons. The highest BCUT2D eigenvalue weighted by Gasteiger charge is 2.19. The fourth-order valence-electron chi connectivity index (χ4n) is 3.58. The second kappa shape index (κ2) is 8.62. The van der Waals surface area contributed by atoms with Crippen LogP contribution in [0.2, 0.25) is 0 Å². The number of rotatable bonds is 6. The van der Waals surface area contributed by atoms with Gasteiger partial charge in [-0.1, -0.05) is 30.3 Å². The van der Waals surface area contributed by atoms with Crippen LogP contribution in [0.4, 0.5) is 14.5 Å². The number of pyridine rings is 1. The fraction of sp³-hybridized carbons (Fsp3) is 0.174. The number of hydrogen-bond acceptors (Lipinski definition) is 4. The van der Waals surface area contributed by atoms with Crippen molar-refractivity contribution in [2.75, 3.05) is 5.32 Å². The van der Waals surface area contributed by atoms with Gasteiger partial charge in [-0.15, -0.1) is 0 Å². The van der Waals surface area contributed by atoms with Crippen LogP contribution in [0.15, 0.2) is 59.4 Å². The van der Waals surface area contributed by atoms with Crippen LogP contribution in [-0.2, 0) is 13.5 Å². The lowest BCUT2D eigenvalue weighted by Crippen LogP contribution is -2.16. The normalized spacial score (nSPS) is 11.2. The van der Waals surface area contributed by atoms with Gasteiger partial charge >= 0.3 is 6.61 Å². The van der Waals surface area contributed by atoms with Gasteiger partial charge in [-0.05, 0) is 36.8 Å². The van der Waals surface area contributed by atoms with Crippen molar-refractivity contribution in [3.8, 4) is 5.75 Å². The van der Waals surface area contributed by atoms with E-state index in [4.69, 9.17) is 0 Å². The minimum Gasteiger partial charge on any atom is -0.435 e. The van der Waals surface area contributed by atoms with Crippen molar-refractivity contribution in [3.05, 3.63) is 87.3 Å². The molecule has 7 nitrogen and oxygen atoms in total. The Kier molecular flexibility index (Phi) is 5.72. The molecular formula is C23H20F2N4O3. The minimum absolute atomic E-state index is 0.0310. The Labute approximate surface area is 181 Å². The third-order valence-corrected chi connectivity index (χ3v) is 4.96. The van der Waals surface area contributed by atoms with E-state index in [0.717, 1.165) is 5.56 Å². The van der Waals surface area contributed by atoms with Crippen molar-refractivity contribution in [3.63, 3.8) is 0 Å². The summed E-state index contributed by atoms with van der Waals surface area (Å²) >= 11 is 0. The zero-order valence-electron chi connectivity index (χ0n) is 17.4. The maximum absolute atomic E-state index is 13.0. The van der Waals surface area contributed by atoms with E-state index in [-0.39, 0.29) is 16.7 Å². The van der Waals surface area contributed by atoms with Gasteiger partial charge in [-0.3, -0.25) is 19.4 Å². The third kappa shape index (κ3) is 4.36. The van der Waals surface area contributed by atoms with E-state index in [0.29, 0.717) is 29.0 Å². The Morgan fingerprint density at radius 2 is 1.94 bits per heavy atom. The first kappa shape index (κ1) is 21.2. The summed E-state index contributed by atoms with van der Waals surface area (Å²) in [5, 5.41) is 5.52. The van der Waals surface area contributed by atoms with Crippen molar-refractivity contribution in [2.45, 2.75) is 20.0 Å². The standard InChI is InChI=1S/C23H20F2N4O3/c1-13-10-17(19-20(26-13)29(2)28-22(19)31)21(30)27-16-8-9-18(32-23(24)25)15(12-16)11-14-6-4-3-5-7-14/h3-10,12,23H,11H2,1-2H3,(H,27,30)(H,28,31). The highest BCUT2D eigenvalue weighted by Crippen LogP contribution is 2.27. The second-order valence-electron chi connectivity index (χ2n) is 7.33. The third-order valence-electron chi connectivity index (χ3n) is 4.96. The van der Waals surface area contributed by atoms with Crippen LogP contribution in [0.5, 0.6) is 5.75 Å². The quantitative estimate of drug-likeness (QED) is 0.476. The Hall–Kier alpha value is -4.01. The van der Waals surface area contributed by atoms with Gasteiger partial charge in [0.2, 0.25) is 0 Å². The summed E-state index contributed by atoms with van der Waals surface area (Å²) in [6.07, 6.45) is 0.337. The number of benzene rings is 2. The molecule has 0 aliphatic carbocycles. The van der Waals surface area contributed by atoms with Gasteiger partial charge in [0.25, 0.3) is 11.5 Å². The first-order valence-corrected chi connectivity index (χ1v) is 9.81. The number of anilines is 1. The van der Waals surface area contributed by atoms with Crippen LogP contribution in [-0.4, -0.2) is 27.3 Å². The molecule has 32 heavy (non-hydrogen) atoms. The minimum atomic E-state index is -2.97. The molecule has 0 spiro atoms. The smallest absolute Gasteiger partial charge is 0.387 e. The number of aromatic nitrogens is 3. The number of nitrogens with zero attached hydrogens (tertiary/aromatic N) is 2. The predicted molar refractivity (Wildman–Crippen MR) is 116 cm³/mol. The molecule has 0 aliphatic heterocycles. The summed E-state index contributed by atoms with van der Waals surface area (Å²) in [7, 11) is 1.63. The number of amides is 1. The van der Waals surface area contributed by atoms with E-state index in [1.54, 1.807) is 20.0 Å². The molecule has 2 aromatic heterocycles. The molecule has 0 unspecified atom stereocenters. The highest BCUT2D eigenvalue weighted by atomic mass is 19.3. The number of aromatic amines is 1. The molecule has 0 radical (unpaired) electrons. The number of hydrogen-bond donors (Lipinski definition) is 2. The first-order valence-electron chi connectivity index (χ1n) is 9.81. The molecule has 0 saturated carbocycles. The summed E-state index contributed by atoms with van der Waals surface area (Å²) in [6, 6.07) is 15.3. The molecule has 2 N–H and O–H groups in total. The monoisotopic (exact) mass is 438 g/mol. The maximum Gasteiger partial charge on any atom is 0.387 e. The number of halogens is 2. The topological polar surface area (TPSA) is 89.0 Å². The highest BCUT2D eigenvalue weighted by molar-refractivity contribution is 6.12. The number of nitrogens with one attached hydrogen (secondary N) is 2. The largest absolute Gasteiger partial charge is 0.435 e. The number of carbonyl (C=O) groups is 1. The molecule has 4 aromatic rings. The Morgan fingerprint density at radius 3 is 2.66 bits per heavy atom. The van der Waals surface area contributed by atoms with Crippen LogP contribution >= 0.6 is 0 Å². The maximum atomic E-state index is 13.0. The van der Waals surface area contributed by atoms with Gasteiger partial charge in [-0.25, -0.2) is 4.98 Å². The first-order chi connectivity index (χ1) is 15.3. The van der Waals surface area contributed by atoms with Crippen molar-refractivity contribution < 1.29 is 18.3 Å². The lowest BCUT2D eigenvalue weighted by atomic mass is 10.0. The molecule has 1 amide bonds. The zero-order valence-corrected chi connectivity index (χ0v) is 17.4. The van der Waals surface area contributed by atoms with E-state index in [2.05, 4.69) is 20.1 Å². The van der Waals surface area contributed by atoms with Crippen LogP contribution < -0.4 is 15.6 Å². The molecule has 2 heterocycles. The Morgan fingerprint density at radius 1 is 1.19 bits per heavy atom. The molecule has 2 aromatic carbocycles. The number of fused-ring (bicyclic) bond motifs is 1. The average Bonchev–Trinajstić information content (AvgIpc) is 3.03. The van der Waals surface area contributed by atoms with E-state index in [1.165, 1.54) is 22.9 Å². The summed E-state index contributed by atoms with van der Waals surface area (Å²) < 4.78 is 31.8. The molecule has 9 heteroatoms. The van der Waals surface area contributed by atoms with Crippen LogP contribution in [0, 0.1) is 6.92 Å². The number of H-pyrrole nitrogens is 1. The van der Waals surface area contributed by atoms with E-state index < -0.39 is 18.1 Å². The molecule has 0 bridgehead atoms. The van der Waals surface area contributed by atoms with E-state index in [1.807, 2.05) is 30.3 Å². The van der Waals surface area contributed by atoms with Crippen molar-refractivity contribution >= 4 is 22.6 Å². The molecule has 4 rings (SSSR count). The Bertz CT molecular complexity index is 1350. The van der Waals surface area contributed by atoms with Crippen LogP contribution in [0.3, 0.4) is 0 Å². The summed E-state index contributed by atoms with van der Waals surface area (Å²) in [5.41, 5.74) is 2.46. The number of alkyl halides is 2. The van der Waals surface area contributed by atoms with E-state index >= 15 is 0 Å². The lowest BCUT2D eigenvalue weighted by molar-refractivity contribution is -0.0503. The van der Waals surface area contributed by atoms with Gasteiger partial charge < -0.3 is 10.1 Å². The van der Waals surface area contributed by atoms with Crippen LogP contribution in [0.1, 0.15) is 27.2 Å². The van der Waals surface area contributed by atoms with Gasteiger partial charge in [0.05, 0.1) is 10.9 Å². The van der Waals surface area contributed by atoms with Crippen molar-refractivity contribution in [1.82, 2.24) is 14.8 Å². The summed E-state index contributed by atoms with van der Waals surface area (Å²) in [4.78, 5) is 29.6. The molecule has 0 aliphatic rings. The summed E-state index contributed by atoms with van der Waals surface area (Å²) in [5.74, 6) is -0.478. The molecule has 0 atom stereocenters. The van der Waals surface area contributed by atoms with Crippen LogP contribution in [0.25, 0.3) is 11.0 Å². The summed E-state index contributed by atoms with van der Waals surface area (Å²) in [6.45, 7) is -1.25. The van der Waals surface area contributed by atoms with Gasteiger partial charge in [0.15, 0.2) is 5.65 Å². The second-order valence-corrected chi connectivity index (χ2v) is 7.33.